The van der Waals surface area contributed by atoms with Gasteiger partial charge in [0, 0.05) is 24.3 Å². The second kappa shape index (κ2) is 4.49. The normalized spacial score (nSPS) is 27.6. The number of H-pyrrole nitrogens is 1. The topological polar surface area (TPSA) is 83.8 Å². The number of nitrogens with two attached hydrogens (primary N) is 1. The molecule has 1 aromatic heterocycles. The fourth-order valence-electron chi connectivity index (χ4n) is 2.64. The molecule has 94 valence electrons. The zero-order chi connectivity index (χ0) is 12.5. The zero-order valence-electron chi connectivity index (χ0n) is 10.4. The maximum atomic E-state index is 12.1. The van der Waals surface area contributed by atoms with Gasteiger partial charge in [0.15, 0.2) is 0 Å². The van der Waals surface area contributed by atoms with Crippen LogP contribution in [0.15, 0.2) is 6.20 Å². The lowest BCUT2D eigenvalue weighted by Crippen LogP contribution is -2.53. The molecule has 1 saturated carbocycles. The largest absolute Gasteiger partial charge is 0.351 e. The highest BCUT2D eigenvalue weighted by Crippen LogP contribution is 2.44. The molecular weight excluding hydrogens is 216 g/mol. The van der Waals surface area contributed by atoms with Crippen molar-refractivity contribution in [3.8, 4) is 0 Å². The minimum Gasteiger partial charge on any atom is -0.351 e. The predicted octanol–water partition coefficient (Wildman–Crippen LogP) is 0.709. The van der Waals surface area contributed by atoms with Crippen LogP contribution in [0, 0.1) is 18.3 Å². The number of aromatic amines is 1. The van der Waals surface area contributed by atoms with E-state index in [2.05, 4.69) is 22.4 Å². The van der Waals surface area contributed by atoms with Crippen LogP contribution < -0.4 is 11.1 Å². The van der Waals surface area contributed by atoms with Crippen LogP contribution in [-0.2, 0) is 11.3 Å². The van der Waals surface area contributed by atoms with E-state index in [0.29, 0.717) is 19.0 Å². The van der Waals surface area contributed by atoms with E-state index < -0.39 is 0 Å². The highest BCUT2D eigenvalue weighted by molar-refractivity contribution is 5.83. The van der Waals surface area contributed by atoms with E-state index in [0.717, 1.165) is 24.1 Å². The number of nitrogens with zero attached hydrogens (tertiary/aromatic N) is 1. The molecule has 0 radical (unpaired) electrons. The molecule has 5 nitrogen and oxygen atoms in total. The molecule has 0 aromatic carbocycles. The smallest absolute Gasteiger partial charge is 0.227 e. The highest BCUT2D eigenvalue weighted by atomic mass is 16.2. The minimum absolute atomic E-state index is 0.0821. The fourth-order valence-corrected chi connectivity index (χ4v) is 2.64. The molecule has 4 N–H and O–H groups in total. The Kier molecular flexibility index (Phi) is 3.19. The Bertz CT molecular complexity index is 406. The minimum atomic E-state index is -0.322. The van der Waals surface area contributed by atoms with Gasteiger partial charge in [0.05, 0.1) is 11.6 Å². The molecule has 1 fully saturated rings. The lowest BCUT2D eigenvalue weighted by molar-refractivity contribution is -0.138. The lowest BCUT2D eigenvalue weighted by Gasteiger charge is -2.44. The number of nitrogens with one attached hydrogen (secondary N) is 2. The Morgan fingerprint density at radius 1 is 1.71 bits per heavy atom. The second-order valence-corrected chi connectivity index (χ2v) is 5.20. The van der Waals surface area contributed by atoms with Gasteiger partial charge in [0.1, 0.15) is 0 Å². The summed E-state index contributed by atoms with van der Waals surface area (Å²) in [6.45, 7) is 5.06. The molecule has 2 rings (SSSR count). The lowest BCUT2D eigenvalue weighted by atomic mass is 9.62. The number of hydrogen-bond acceptors (Lipinski definition) is 3. The number of aryl methyl sites for hydroxylation is 1. The summed E-state index contributed by atoms with van der Waals surface area (Å²) < 4.78 is 0. The maximum absolute atomic E-state index is 12.1. The summed E-state index contributed by atoms with van der Waals surface area (Å²) in [5.74, 6) is 0.693. The van der Waals surface area contributed by atoms with Crippen LogP contribution in [0.2, 0.25) is 0 Å². The van der Waals surface area contributed by atoms with Crippen LogP contribution in [0.25, 0.3) is 0 Å². The summed E-state index contributed by atoms with van der Waals surface area (Å²) in [6, 6.07) is 0. The zero-order valence-corrected chi connectivity index (χ0v) is 10.4. The molecule has 1 aliphatic carbocycles. The van der Waals surface area contributed by atoms with Gasteiger partial charge in [-0.05, 0) is 25.7 Å². The molecule has 1 amide bonds. The van der Waals surface area contributed by atoms with Crippen molar-refractivity contribution in [1.82, 2.24) is 15.5 Å². The molecule has 0 aliphatic heterocycles. The Balaban J connectivity index is 1.91. The van der Waals surface area contributed by atoms with E-state index in [1.807, 2.05) is 6.92 Å². The third kappa shape index (κ3) is 2.20. The molecule has 0 bridgehead atoms. The van der Waals surface area contributed by atoms with Gasteiger partial charge in [0.2, 0.25) is 5.91 Å². The maximum Gasteiger partial charge on any atom is 0.227 e. The molecule has 17 heavy (non-hydrogen) atoms. The van der Waals surface area contributed by atoms with Crippen LogP contribution in [0.4, 0.5) is 0 Å². The van der Waals surface area contributed by atoms with Crippen molar-refractivity contribution in [1.29, 1.82) is 0 Å². The molecule has 1 aliphatic rings. The first-order valence-electron chi connectivity index (χ1n) is 6.04. The molecule has 0 unspecified atom stereocenters. The number of amides is 1. The Hall–Kier alpha value is -1.36. The molecule has 1 aromatic rings. The molecule has 1 heterocycles. The van der Waals surface area contributed by atoms with Gasteiger partial charge in [-0.15, -0.1) is 0 Å². The van der Waals surface area contributed by atoms with Crippen molar-refractivity contribution >= 4 is 5.91 Å². The quantitative estimate of drug-likeness (QED) is 0.720. The van der Waals surface area contributed by atoms with Crippen LogP contribution in [0.1, 0.15) is 31.0 Å². The van der Waals surface area contributed by atoms with E-state index in [-0.39, 0.29) is 11.3 Å². The van der Waals surface area contributed by atoms with Gasteiger partial charge in [-0.2, -0.15) is 5.10 Å². The molecule has 0 atom stereocenters. The Morgan fingerprint density at radius 2 is 2.41 bits per heavy atom. The first-order chi connectivity index (χ1) is 8.07. The van der Waals surface area contributed by atoms with Crippen molar-refractivity contribution in [2.75, 3.05) is 6.54 Å². The van der Waals surface area contributed by atoms with Crippen LogP contribution in [-0.4, -0.2) is 22.6 Å². The average Bonchev–Trinajstić information content (AvgIpc) is 2.67. The monoisotopic (exact) mass is 236 g/mol. The third-order valence-corrected chi connectivity index (χ3v) is 3.72. The Morgan fingerprint density at radius 3 is 2.88 bits per heavy atom. The van der Waals surface area contributed by atoms with Gasteiger partial charge in [0.25, 0.3) is 0 Å². The third-order valence-electron chi connectivity index (χ3n) is 3.72. The molecular formula is C12H20N4O. The second-order valence-electron chi connectivity index (χ2n) is 5.20. The summed E-state index contributed by atoms with van der Waals surface area (Å²) in [5.41, 5.74) is 7.43. The summed E-state index contributed by atoms with van der Waals surface area (Å²) in [6.07, 6.45) is 3.55. The predicted molar refractivity (Wildman–Crippen MR) is 65.1 cm³/mol. The van der Waals surface area contributed by atoms with Gasteiger partial charge in [-0.1, -0.05) is 6.92 Å². The average molecular weight is 236 g/mol. The van der Waals surface area contributed by atoms with Crippen LogP contribution >= 0.6 is 0 Å². The van der Waals surface area contributed by atoms with E-state index in [9.17, 15) is 4.79 Å². The molecule has 5 heteroatoms. The van der Waals surface area contributed by atoms with Gasteiger partial charge in [-0.3, -0.25) is 9.89 Å². The van der Waals surface area contributed by atoms with Crippen molar-refractivity contribution in [3.05, 3.63) is 17.5 Å². The standard InChI is InChI=1S/C12H20N4O/c1-8-3-12(4-8,7-13)11(17)14-5-10-6-15-16-9(10)2/h6,8H,3-5,7,13H2,1-2H3,(H,14,17)(H,15,16). The van der Waals surface area contributed by atoms with Crippen LogP contribution in [0.3, 0.4) is 0 Å². The number of aromatic nitrogens is 2. The SMILES string of the molecule is Cc1[nH]ncc1CNC(=O)C1(CN)CC(C)C1. The fraction of sp³-hybridized carbons (Fsp3) is 0.667. The van der Waals surface area contributed by atoms with Crippen LogP contribution in [0.5, 0.6) is 0 Å². The van der Waals surface area contributed by atoms with E-state index >= 15 is 0 Å². The number of hydrogen-bond donors (Lipinski definition) is 3. The summed E-state index contributed by atoms with van der Waals surface area (Å²) in [7, 11) is 0. The highest BCUT2D eigenvalue weighted by Gasteiger charge is 2.46. The van der Waals surface area contributed by atoms with Crippen molar-refractivity contribution in [2.24, 2.45) is 17.1 Å². The number of rotatable bonds is 4. The van der Waals surface area contributed by atoms with Gasteiger partial charge < -0.3 is 11.1 Å². The summed E-state index contributed by atoms with van der Waals surface area (Å²) in [5, 5.41) is 9.74. The van der Waals surface area contributed by atoms with Gasteiger partial charge in [-0.25, -0.2) is 0 Å². The van der Waals surface area contributed by atoms with E-state index in [4.69, 9.17) is 5.73 Å². The van der Waals surface area contributed by atoms with Crippen molar-refractivity contribution in [3.63, 3.8) is 0 Å². The van der Waals surface area contributed by atoms with E-state index in [1.54, 1.807) is 6.20 Å². The summed E-state index contributed by atoms with van der Waals surface area (Å²) >= 11 is 0. The van der Waals surface area contributed by atoms with Crippen molar-refractivity contribution < 1.29 is 4.79 Å². The summed E-state index contributed by atoms with van der Waals surface area (Å²) in [4.78, 5) is 12.1. The number of carbonyl (C=O) groups is 1. The van der Waals surface area contributed by atoms with Crippen molar-refractivity contribution in [2.45, 2.75) is 33.2 Å². The Labute approximate surface area is 101 Å². The number of carbonyl (C=O) groups excluding carboxylic acids is 1. The first-order valence-corrected chi connectivity index (χ1v) is 6.04. The van der Waals surface area contributed by atoms with E-state index in [1.165, 1.54) is 0 Å². The first kappa shape index (κ1) is 12.1. The molecule has 0 saturated heterocycles. The molecule has 0 spiro atoms. The van der Waals surface area contributed by atoms with Gasteiger partial charge >= 0.3 is 0 Å².